The summed E-state index contributed by atoms with van der Waals surface area (Å²) >= 11 is 0. The van der Waals surface area contributed by atoms with Crippen LogP contribution in [0.15, 0.2) is 24.4 Å². The predicted molar refractivity (Wildman–Crippen MR) is 69.3 cm³/mol. The highest BCUT2D eigenvalue weighted by Gasteiger charge is 2.38. The highest BCUT2D eigenvalue weighted by Crippen LogP contribution is 2.37. The highest BCUT2D eigenvalue weighted by molar-refractivity contribution is 6.21. The third-order valence-corrected chi connectivity index (χ3v) is 3.19. The summed E-state index contributed by atoms with van der Waals surface area (Å²) in [6.45, 7) is -2.71. The summed E-state index contributed by atoms with van der Waals surface area (Å²) in [7, 11) is 0. The van der Waals surface area contributed by atoms with Crippen molar-refractivity contribution >= 4 is 11.7 Å². The van der Waals surface area contributed by atoms with E-state index in [9.17, 15) is 22.8 Å². The number of alkyl halides is 3. The first kappa shape index (κ1) is 10.9. The molecule has 22 heavy (non-hydrogen) atoms. The van der Waals surface area contributed by atoms with Crippen LogP contribution in [0.25, 0.3) is 11.1 Å². The molecule has 8 heteroatoms. The fraction of sp³-hybridized carbons (Fsp3) is 0.143. The molecule has 1 aromatic carbocycles. The third kappa shape index (κ3) is 2.03. The zero-order valence-electron chi connectivity index (χ0n) is 13.7. The number of nitrogens with zero attached hydrogens (tertiary/aromatic N) is 2. The summed E-state index contributed by atoms with van der Waals surface area (Å²) in [6, 6.07) is 3.72. The van der Waals surface area contributed by atoms with Crippen molar-refractivity contribution in [3.63, 3.8) is 0 Å². The van der Waals surface area contributed by atoms with E-state index in [2.05, 4.69) is 9.97 Å². The van der Waals surface area contributed by atoms with Crippen molar-refractivity contribution < 1.29 is 26.9 Å². The first-order valence-electron chi connectivity index (χ1n) is 7.43. The first-order valence-corrected chi connectivity index (χ1v) is 5.93. The molecule has 0 unspecified atom stereocenters. The largest absolute Gasteiger partial charge is 0.451 e. The number of fused-ring (bicyclic) bond motifs is 3. The Bertz CT molecular complexity index is 910. The number of benzene rings is 1. The van der Waals surface area contributed by atoms with Gasteiger partial charge in [0.15, 0.2) is 0 Å². The quantitative estimate of drug-likeness (QED) is 0.747. The van der Waals surface area contributed by atoms with Gasteiger partial charge in [0.2, 0.25) is 11.6 Å². The van der Waals surface area contributed by atoms with Gasteiger partial charge >= 0.3 is 6.18 Å². The molecule has 1 N–H and O–H groups in total. The van der Waals surface area contributed by atoms with E-state index < -0.39 is 36.4 Å². The minimum Gasteiger partial charge on any atom is -0.355 e. The number of ketones is 1. The Balaban J connectivity index is 2.02. The molecule has 3 rings (SSSR count). The summed E-state index contributed by atoms with van der Waals surface area (Å²) in [5.74, 6) is -3.16. The fourth-order valence-corrected chi connectivity index (χ4v) is 2.20. The summed E-state index contributed by atoms with van der Waals surface area (Å²) in [6.07, 6.45) is -3.90. The maximum Gasteiger partial charge on any atom is 0.451 e. The Kier molecular flexibility index (Phi) is 2.29. The second kappa shape index (κ2) is 4.62. The van der Waals surface area contributed by atoms with Crippen LogP contribution >= 0.6 is 0 Å². The van der Waals surface area contributed by atoms with Gasteiger partial charge in [0.25, 0.3) is 5.91 Å². The molecule has 0 atom stereocenters. The molecule has 5 nitrogen and oxygen atoms in total. The van der Waals surface area contributed by atoms with Crippen molar-refractivity contribution in [2.45, 2.75) is 6.18 Å². The van der Waals surface area contributed by atoms with E-state index in [1.807, 2.05) is 0 Å². The number of halogens is 3. The van der Waals surface area contributed by atoms with Crippen LogP contribution in [-0.4, -0.2) is 28.6 Å². The monoisotopic (exact) mass is 310 g/mol. The Labute approximate surface area is 126 Å². The maximum absolute atomic E-state index is 12.7. The smallest absolute Gasteiger partial charge is 0.355 e. The van der Waals surface area contributed by atoms with E-state index in [-0.39, 0.29) is 22.3 Å². The Morgan fingerprint density at radius 2 is 2.05 bits per heavy atom. The van der Waals surface area contributed by atoms with Crippen LogP contribution in [0.2, 0.25) is 0 Å². The lowest BCUT2D eigenvalue weighted by Gasteiger charge is -2.05. The van der Waals surface area contributed by atoms with Crippen molar-refractivity contribution in [2.24, 2.45) is 0 Å². The Morgan fingerprint density at radius 3 is 2.73 bits per heavy atom. The van der Waals surface area contributed by atoms with E-state index in [0.717, 1.165) is 12.3 Å². The maximum atomic E-state index is 12.7. The van der Waals surface area contributed by atoms with E-state index in [1.165, 1.54) is 12.1 Å². The number of aromatic nitrogens is 2. The summed E-state index contributed by atoms with van der Waals surface area (Å²) < 4.78 is 59.1. The molecular formula is C14H8F3N3O2. The van der Waals surface area contributed by atoms with Gasteiger partial charge in [-0.25, -0.2) is 9.97 Å². The number of carbonyl (C=O) groups excluding carboxylic acids is 2. The number of hydrogen-bond donors (Lipinski definition) is 1. The van der Waals surface area contributed by atoms with Crippen LogP contribution in [0.5, 0.6) is 0 Å². The molecule has 1 aliphatic rings. The molecule has 0 saturated carbocycles. The average molecular weight is 310 g/mol. The average Bonchev–Trinajstić information content (AvgIpc) is 2.77. The molecule has 0 spiro atoms. The summed E-state index contributed by atoms with van der Waals surface area (Å²) in [5.41, 5.74) is -0.164. The number of nitrogens with one attached hydrogen (secondary N) is 1. The van der Waals surface area contributed by atoms with Gasteiger partial charge in [-0.05, 0) is 17.7 Å². The molecule has 0 fully saturated rings. The van der Waals surface area contributed by atoms with Crippen molar-refractivity contribution in [3.05, 3.63) is 47.0 Å². The molecule has 1 amide bonds. The second-order valence-corrected chi connectivity index (χ2v) is 4.50. The molecule has 0 saturated heterocycles. The van der Waals surface area contributed by atoms with Gasteiger partial charge in [0.05, 0.1) is 0 Å². The minimum atomic E-state index is -4.80. The number of rotatable bonds is 1. The molecule has 2 aromatic rings. The van der Waals surface area contributed by atoms with Gasteiger partial charge in [-0.1, -0.05) is 6.07 Å². The standard InChI is InChI=1S/C14H8F3N3O2/c1-18-12(22)6-2-3-7-8(4-6)11(21)10-9(7)5-19-13(20-10)14(15,16)17/h2-5H,1H3,(H,18,22)/i1D3. The number of amides is 1. The van der Waals surface area contributed by atoms with E-state index in [1.54, 1.807) is 5.32 Å². The van der Waals surface area contributed by atoms with Gasteiger partial charge in [-0.2, -0.15) is 13.2 Å². The van der Waals surface area contributed by atoms with Crippen LogP contribution in [0.3, 0.4) is 0 Å². The van der Waals surface area contributed by atoms with Crippen LogP contribution in [0.1, 0.15) is 36.3 Å². The van der Waals surface area contributed by atoms with Crippen molar-refractivity contribution in [1.82, 2.24) is 15.3 Å². The van der Waals surface area contributed by atoms with Crippen LogP contribution in [-0.2, 0) is 6.18 Å². The van der Waals surface area contributed by atoms with Crippen molar-refractivity contribution in [3.8, 4) is 11.1 Å². The second-order valence-electron chi connectivity index (χ2n) is 4.50. The van der Waals surface area contributed by atoms with Gasteiger partial charge in [0, 0.05) is 34.0 Å². The van der Waals surface area contributed by atoms with Crippen molar-refractivity contribution in [2.75, 3.05) is 6.98 Å². The van der Waals surface area contributed by atoms with Crippen LogP contribution < -0.4 is 5.32 Å². The first-order chi connectivity index (χ1) is 11.5. The molecule has 1 heterocycles. The van der Waals surface area contributed by atoms with Gasteiger partial charge < -0.3 is 5.32 Å². The van der Waals surface area contributed by atoms with Gasteiger partial charge in [0.1, 0.15) is 5.69 Å². The molecule has 112 valence electrons. The molecular weight excluding hydrogens is 299 g/mol. The van der Waals surface area contributed by atoms with E-state index in [0.29, 0.717) is 0 Å². The van der Waals surface area contributed by atoms with Crippen LogP contribution in [0, 0.1) is 0 Å². The van der Waals surface area contributed by atoms with Gasteiger partial charge in [-0.15, -0.1) is 0 Å². The lowest BCUT2D eigenvalue weighted by atomic mass is 10.0. The minimum absolute atomic E-state index is 0.0400. The Morgan fingerprint density at radius 1 is 1.27 bits per heavy atom. The number of hydrogen-bond acceptors (Lipinski definition) is 4. The lowest BCUT2D eigenvalue weighted by molar-refractivity contribution is -0.145. The van der Waals surface area contributed by atoms with Gasteiger partial charge in [-0.3, -0.25) is 9.59 Å². The predicted octanol–water partition coefficient (Wildman–Crippen LogP) is 2.07. The Hall–Kier alpha value is -2.77. The molecule has 0 aliphatic heterocycles. The normalized spacial score (nSPS) is 15.4. The fourth-order valence-electron chi connectivity index (χ4n) is 2.20. The highest BCUT2D eigenvalue weighted by atomic mass is 19.4. The molecule has 1 aromatic heterocycles. The lowest BCUT2D eigenvalue weighted by Crippen LogP contribution is -2.18. The zero-order valence-corrected chi connectivity index (χ0v) is 10.7. The summed E-state index contributed by atoms with van der Waals surface area (Å²) in [4.78, 5) is 30.7. The SMILES string of the molecule is [2H]C([2H])([2H])NC(=O)c1ccc2c(c1)C(=O)c1nc(C(F)(F)F)ncc1-2. The van der Waals surface area contributed by atoms with E-state index in [4.69, 9.17) is 4.11 Å². The van der Waals surface area contributed by atoms with Crippen molar-refractivity contribution in [1.29, 1.82) is 0 Å². The number of carbonyl (C=O) groups is 2. The molecule has 0 radical (unpaired) electrons. The molecule has 1 aliphatic carbocycles. The van der Waals surface area contributed by atoms with Crippen LogP contribution in [0.4, 0.5) is 13.2 Å². The topological polar surface area (TPSA) is 72.0 Å². The summed E-state index contributed by atoms with van der Waals surface area (Å²) in [5, 5.41) is 1.76. The zero-order chi connectivity index (χ0) is 18.6. The third-order valence-electron chi connectivity index (χ3n) is 3.19. The molecule has 0 bridgehead atoms. The van der Waals surface area contributed by atoms with E-state index >= 15 is 0 Å².